The van der Waals surface area contributed by atoms with Crippen molar-refractivity contribution in [3.05, 3.63) is 66.2 Å². The minimum Gasteiger partial charge on any atom is -0.299 e. The minimum absolute atomic E-state index is 0.0169. The molecule has 126 valence electrons. The standard InChI is InChI=1S/C22H28OP/c1-21(2)15-19(23)16-22(3,4)24(21,20-13-9-6-10-14-20)17-18-11-7-5-8-12-18/h5-14H,15-17H2,1-4H3/q+1. The maximum atomic E-state index is 12.5. The van der Waals surface area contributed by atoms with E-state index in [4.69, 9.17) is 0 Å². The largest absolute Gasteiger partial charge is 0.299 e. The Balaban J connectivity index is 2.23. The Hall–Kier alpha value is -1.46. The molecule has 1 nitrogen and oxygen atoms in total. The van der Waals surface area contributed by atoms with Crippen LogP contribution in [0.2, 0.25) is 0 Å². The van der Waals surface area contributed by atoms with Gasteiger partial charge < -0.3 is 0 Å². The molecular formula is C22H28OP+. The molecule has 1 aliphatic heterocycles. The van der Waals surface area contributed by atoms with Gasteiger partial charge in [-0.3, -0.25) is 4.79 Å². The van der Waals surface area contributed by atoms with Crippen LogP contribution in [0.15, 0.2) is 60.7 Å². The van der Waals surface area contributed by atoms with Gasteiger partial charge in [0.1, 0.15) is 5.78 Å². The normalized spacial score (nSPS) is 21.4. The van der Waals surface area contributed by atoms with E-state index in [2.05, 4.69) is 88.4 Å². The molecule has 0 aliphatic carbocycles. The van der Waals surface area contributed by atoms with Gasteiger partial charge in [0.15, 0.2) is 0 Å². The van der Waals surface area contributed by atoms with Crippen molar-refractivity contribution in [2.24, 2.45) is 0 Å². The number of ketones is 1. The zero-order valence-electron chi connectivity index (χ0n) is 15.3. The maximum Gasteiger partial charge on any atom is 0.141 e. The number of benzene rings is 2. The van der Waals surface area contributed by atoms with Crippen molar-refractivity contribution in [1.82, 2.24) is 0 Å². The fraction of sp³-hybridized carbons (Fsp3) is 0.409. The van der Waals surface area contributed by atoms with Crippen molar-refractivity contribution in [1.29, 1.82) is 0 Å². The van der Waals surface area contributed by atoms with Crippen molar-refractivity contribution < 1.29 is 4.79 Å². The number of carbonyl (C=O) groups is 1. The van der Waals surface area contributed by atoms with Crippen LogP contribution in [0.1, 0.15) is 46.1 Å². The van der Waals surface area contributed by atoms with E-state index < -0.39 is 7.26 Å². The molecule has 2 heteroatoms. The van der Waals surface area contributed by atoms with E-state index >= 15 is 0 Å². The summed E-state index contributed by atoms with van der Waals surface area (Å²) < 4.78 is 0. The quantitative estimate of drug-likeness (QED) is 0.680. The van der Waals surface area contributed by atoms with E-state index in [0.29, 0.717) is 18.6 Å². The molecule has 0 spiro atoms. The Kier molecular flexibility index (Phi) is 4.43. The van der Waals surface area contributed by atoms with Crippen LogP contribution in [0.3, 0.4) is 0 Å². The molecule has 2 aromatic rings. The van der Waals surface area contributed by atoms with Gasteiger partial charge in [0, 0.05) is 12.8 Å². The van der Waals surface area contributed by atoms with Gasteiger partial charge in [-0.15, -0.1) is 0 Å². The van der Waals surface area contributed by atoms with Gasteiger partial charge in [0.25, 0.3) is 0 Å². The van der Waals surface area contributed by atoms with Gasteiger partial charge in [-0.2, -0.15) is 0 Å². The fourth-order valence-electron chi connectivity index (χ4n) is 4.87. The minimum atomic E-state index is -1.63. The third-order valence-electron chi connectivity index (χ3n) is 5.79. The number of rotatable bonds is 3. The van der Waals surface area contributed by atoms with Crippen LogP contribution in [0.5, 0.6) is 0 Å². The van der Waals surface area contributed by atoms with E-state index in [-0.39, 0.29) is 10.3 Å². The molecule has 1 saturated heterocycles. The lowest BCUT2D eigenvalue weighted by Gasteiger charge is -2.52. The summed E-state index contributed by atoms with van der Waals surface area (Å²) in [5, 5.41) is 1.50. The molecule has 1 fully saturated rings. The summed E-state index contributed by atoms with van der Waals surface area (Å²) in [7, 11) is -1.63. The van der Waals surface area contributed by atoms with Crippen molar-refractivity contribution in [2.75, 3.05) is 0 Å². The first-order chi connectivity index (χ1) is 11.3. The van der Waals surface area contributed by atoms with Crippen LogP contribution in [0.4, 0.5) is 0 Å². The fourth-order valence-corrected chi connectivity index (χ4v) is 11.3. The Morgan fingerprint density at radius 1 is 0.792 bits per heavy atom. The van der Waals surface area contributed by atoms with E-state index in [1.54, 1.807) is 0 Å². The first-order valence-corrected chi connectivity index (χ1v) is 10.8. The average Bonchev–Trinajstić information content (AvgIpc) is 2.51. The molecule has 0 unspecified atom stereocenters. The van der Waals surface area contributed by atoms with Crippen molar-refractivity contribution in [2.45, 2.75) is 57.0 Å². The van der Waals surface area contributed by atoms with E-state index in [9.17, 15) is 4.79 Å². The van der Waals surface area contributed by atoms with Crippen LogP contribution in [0, 0.1) is 0 Å². The molecule has 0 N–H and O–H groups in total. The molecule has 3 rings (SSSR count). The Morgan fingerprint density at radius 3 is 1.75 bits per heavy atom. The second-order valence-electron chi connectivity index (χ2n) is 8.31. The molecule has 1 heterocycles. The Labute approximate surface area is 146 Å². The lowest BCUT2D eigenvalue weighted by atomic mass is 9.96. The second kappa shape index (κ2) is 6.12. The summed E-state index contributed by atoms with van der Waals surface area (Å²) in [6.07, 6.45) is 2.48. The summed E-state index contributed by atoms with van der Waals surface area (Å²) in [6.45, 7) is 9.32. The van der Waals surface area contributed by atoms with Gasteiger partial charge in [0.2, 0.25) is 0 Å². The van der Waals surface area contributed by atoms with Crippen molar-refractivity contribution in [3.8, 4) is 0 Å². The molecule has 0 amide bonds. The number of carbonyl (C=O) groups excluding carboxylic acids is 1. The second-order valence-corrected chi connectivity index (χ2v) is 13.2. The molecule has 0 atom stereocenters. The highest BCUT2D eigenvalue weighted by atomic mass is 31.2. The predicted octanol–water partition coefficient (Wildman–Crippen LogP) is 5.45. The highest BCUT2D eigenvalue weighted by molar-refractivity contribution is 7.85. The van der Waals surface area contributed by atoms with Gasteiger partial charge in [0.05, 0.1) is 29.0 Å². The summed E-state index contributed by atoms with van der Waals surface area (Å²) in [5.41, 5.74) is 1.39. The first-order valence-electron chi connectivity index (χ1n) is 8.78. The third kappa shape index (κ3) is 2.74. The molecule has 0 bridgehead atoms. The summed E-state index contributed by atoms with van der Waals surface area (Å²) >= 11 is 0. The monoisotopic (exact) mass is 339 g/mol. The van der Waals surface area contributed by atoms with Crippen LogP contribution < -0.4 is 5.30 Å². The van der Waals surface area contributed by atoms with E-state index in [1.807, 2.05) is 0 Å². The molecule has 0 aromatic heterocycles. The van der Waals surface area contributed by atoms with Gasteiger partial charge in [-0.1, -0.05) is 48.5 Å². The maximum absolute atomic E-state index is 12.5. The van der Waals surface area contributed by atoms with E-state index in [0.717, 1.165) is 6.16 Å². The van der Waals surface area contributed by atoms with Gasteiger partial charge >= 0.3 is 0 Å². The first kappa shape index (κ1) is 17.4. The Morgan fingerprint density at radius 2 is 1.25 bits per heavy atom. The molecule has 0 saturated carbocycles. The lowest BCUT2D eigenvalue weighted by molar-refractivity contribution is -0.120. The third-order valence-corrected chi connectivity index (χ3v) is 12.3. The highest BCUT2D eigenvalue weighted by Crippen LogP contribution is 2.80. The smallest absolute Gasteiger partial charge is 0.141 e. The number of Topliss-reactive ketones (excluding diaryl/α,β-unsaturated/α-hetero) is 1. The van der Waals surface area contributed by atoms with Crippen LogP contribution in [0.25, 0.3) is 0 Å². The average molecular weight is 339 g/mol. The molecule has 2 aromatic carbocycles. The zero-order valence-corrected chi connectivity index (χ0v) is 16.1. The number of hydrogen-bond acceptors (Lipinski definition) is 1. The van der Waals surface area contributed by atoms with Gasteiger partial charge in [-0.05, 0) is 45.4 Å². The zero-order chi connectivity index (χ0) is 17.4. The van der Waals surface area contributed by atoms with Crippen molar-refractivity contribution in [3.63, 3.8) is 0 Å². The lowest BCUT2D eigenvalue weighted by Crippen LogP contribution is -2.50. The highest BCUT2D eigenvalue weighted by Gasteiger charge is 2.66. The molecule has 1 aliphatic rings. The van der Waals surface area contributed by atoms with Crippen LogP contribution >= 0.6 is 7.26 Å². The summed E-state index contributed by atoms with van der Waals surface area (Å²) in [5.74, 6) is 0.421. The summed E-state index contributed by atoms with van der Waals surface area (Å²) in [6, 6.07) is 21.8. The van der Waals surface area contributed by atoms with Gasteiger partial charge in [-0.25, -0.2) is 0 Å². The molecular weight excluding hydrogens is 311 g/mol. The SMILES string of the molecule is CC1(C)CC(=O)CC(C)(C)[P+]1(Cc1ccccc1)c1ccccc1. The number of hydrogen-bond donors (Lipinski definition) is 0. The molecule has 0 radical (unpaired) electrons. The van der Waals surface area contributed by atoms with Crippen LogP contribution in [-0.4, -0.2) is 16.1 Å². The van der Waals surface area contributed by atoms with Crippen LogP contribution in [-0.2, 0) is 11.0 Å². The van der Waals surface area contributed by atoms with E-state index in [1.165, 1.54) is 10.9 Å². The Bertz CT molecular complexity index is 696. The predicted molar refractivity (Wildman–Crippen MR) is 106 cm³/mol. The summed E-state index contributed by atoms with van der Waals surface area (Å²) in [4.78, 5) is 12.5. The topological polar surface area (TPSA) is 17.1 Å². The van der Waals surface area contributed by atoms with Crippen molar-refractivity contribution >= 4 is 18.4 Å². The molecule has 24 heavy (non-hydrogen) atoms.